The highest BCUT2D eigenvalue weighted by atomic mass is 35.5. The summed E-state index contributed by atoms with van der Waals surface area (Å²) in [6, 6.07) is 4.44. The molecular weight excluding hydrogens is 225 g/mol. The third-order valence-electron chi connectivity index (χ3n) is 2.37. The van der Waals surface area contributed by atoms with Crippen LogP contribution in [0.15, 0.2) is 24.3 Å². The SMILES string of the molecule is CCNCC/C=C(/C)c1cc(F)ccc1Cl. The van der Waals surface area contributed by atoms with Crippen LogP contribution in [0, 0.1) is 5.82 Å². The van der Waals surface area contributed by atoms with E-state index in [4.69, 9.17) is 11.6 Å². The number of benzene rings is 1. The van der Waals surface area contributed by atoms with Gasteiger partial charge >= 0.3 is 0 Å². The van der Waals surface area contributed by atoms with Gasteiger partial charge in [-0.3, -0.25) is 0 Å². The van der Waals surface area contributed by atoms with Gasteiger partial charge in [-0.15, -0.1) is 0 Å². The minimum atomic E-state index is -0.251. The predicted octanol–water partition coefficient (Wildman–Crippen LogP) is 3.88. The first-order valence-electron chi connectivity index (χ1n) is 5.48. The Kier molecular flexibility index (Phi) is 5.50. The number of allylic oxidation sites excluding steroid dienone is 1. The molecule has 0 aliphatic heterocycles. The molecule has 0 spiro atoms. The minimum absolute atomic E-state index is 0.251. The van der Waals surface area contributed by atoms with Crippen LogP contribution in [-0.4, -0.2) is 13.1 Å². The van der Waals surface area contributed by atoms with Crippen molar-refractivity contribution in [1.29, 1.82) is 0 Å². The first-order chi connectivity index (χ1) is 7.65. The van der Waals surface area contributed by atoms with Gasteiger partial charge in [0, 0.05) is 5.02 Å². The summed E-state index contributed by atoms with van der Waals surface area (Å²) >= 11 is 6.01. The van der Waals surface area contributed by atoms with Gasteiger partial charge in [0.2, 0.25) is 0 Å². The molecule has 1 rings (SSSR count). The minimum Gasteiger partial charge on any atom is -0.317 e. The summed E-state index contributed by atoms with van der Waals surface area (Å²) in [6.07, 6.45) is 3.00. The van der Waals surface area contributed by atoms with Crippen LogP contribution >= 0.6 is 11.6 Å². The summed E-state index contributed by atoms with van der Waals surface area (Å²) in [5.74, 6) is -0.251. The van der Waals surface area contributed by atoms with Gasteiger partial charge in [-0.1, -0.05) is 24.6 Å². The summed E-state index contributed by atoms with van der Waals surface area (Å²) in [4.78, 5) is 0. The quantitative estimate of drug-likeness (QED) is 0.772. The fraction of sp³-hybridized carbons (Fsp3) is 0.385. The second-order valence-corrected chi connectivity index (χ2v) is 4.06. The molecule has 3 heteroatoms. The first kappa shape index (κ1) is 13.2. The van der Waals surface area contributed by atoms with Crippen molar-refractivity contribution in [3.8, 4) is 0 Å². The van der Waals surface area contributed by atoms with E-state index in [1.165, 1.54) is 12.1 Å². The van der Waals surface area contributed by atoms with Crippen LogP contribution in [0.3, 0.4) is 0 Å². The van der Waals surface area contributed by atoms with Gasteiger partial charge in [0.15, 0.2) is 0 Å². The monoisotopic (exact) mass is 241 g/mol. The van der Waals surface area contributed by atoms with E-state index in [0.717, 1.165) is 30.6 Å². The molecule has 1 N–H and O–H groups in total. The summed E-state index contributed by atoms with van der Waals surface area (Å²) < 4.78 is 13.1. The van der Waals surface area contributed by atoms with Gasteiger partial charge < -0.3 is 5.32 Å². The molecule has 0 radical (unpaired) electrons. The van der Waals surface area contributed by atoms with Gasteiger partial charge in [0.25, 0.3) is 0 Å². The Balaban J connectivity index is 2.71. The van der Waals surface area contributed by atoms with E-state index in [-0.39, 0.29) is 5.82 Å². The Bertz CT molecular complexity index is 374. The Labute approximate surface area is 101 Å². The lowest BCUT2D eigenvalue weighted by Crippen LogP contribution is -2.13. The Morgan fingerprint density at radius 3 is 2.94 bits per heavy atom. The van der Waals surface area contributed by atoms with Crippen LogP contribution in [-0.2, 0) is 0 Å². The Morgan fingerprint density at radius 1 is 1.50 bits per heavy atom. The number of hydrogen-bond acceptors (Lipinski definition) is 1. The van der Waals surface area contributed by atoms with Crippen molar-refractivity contribution < 1.29 is 4.39 Å². The molecule has 1 aromatic carbocycles. The summed E-state index contributed by atoms with van der Waals surface area (Å²) in [5, 5.41) is 3.83. The summed E-state index contributed by atoms with van der Waals surface area (Å²) in [5.41, 5.74) is 1.79. The second-order valence-electron chi connectivity index (χ2n) is 3.65. The molecule has 0 saturated heterocycles. The normalized spacial score (nSPS) is 11.9. The molecule has 1 nitrogen and oxygen atoms in total. The van der Waals surface area contributed by atoms with Crippen LogP contribution in [0.5, 0.6) is 0 Å². The fourth-order valence-electron chi connectivity index (χ4n) is 1.48. The molecule has 0 heterocycles. The second kappa shape index (κ2) is 6.66. The molecule has 0 amide bonds. The van der Waals surface area contributed by atoms with Crippen molar-refractivity contribution in [2.24, 2.45) is 0 Å². The number of hydrogen-bond donors (Lipinski definition) is 1. The van der Waals surface area contributed by atoms with Gasteiger partial charge in [-0.05, 0) is 55.8 Å². The number of halogens is 2. The maximum atomic E-state index is 13.1. The van der Waals surface area contributed by atoms with Crippen molar-refractivity contribution in [2.75, 3.05) is 13.1 Å². The van der Waals surface area contributed by atoms with Gasteiger partial charge in [-0.25, -0.2) is 4.39 Å². The van der Waals surface area contributed by atoms with E-state index in [1.807, 2.05) is 6.92 Å². The van der Waals surface area contributed by atoms with Crippen molar-refractivity contribution >= 4 is 17.2 Å². The lowest BCUT2D eigenvalue weighted by atomic mass is 10.1. The van der Waals surface area contributed by atoms with Crippen LogP contribution in [0.2, 0.25) is 5.02 Å². The molecular formula is C13H17ClFN. The van der Waals surface area contributed by atoms with Crippen molar-refractivity contribution in [1.82, 2.24) is 5.32 Å². The lowest BCUT2D eigenvalue weighted by molar-refractivity contribution is 0.627. The number of rotatable bonds is 5. The molecule has 0 aromatic heterocycles. The third kappa shape index (κ3) is 3.95. The maximum absolute atomic E-state index is 13.1. The lowest BCUT2D eigenvalue weighted by Gasteiger charge is -2.05. The van der Waals surface area contributed by atoms with Crippen LogP contribution in [0.25, 0.3) is 5.57 Å². The third-order valence-corrected chi connectivity index (χ3v) is 2.70. The highest BCUT2D eigenvalue weighted by Gasteiger charge is 2.03. The van der Waals surface area contributed by atoms with Crippen LogP contribution in [0.1, 0.15) is 25.8 Å². The molecule has 0 aliphatic rings. The van der Waals surface area contributed by atoms with E-state index < -0.39 is 0 Å². The van der Waals surface area contributed by atoms with E-state index >= 15 is 0 Å². The Morgan fingerprint density at radius 2 is 2.25 bits per heavy atom. The molecule has 0 unspecified atom stereocenters. The topological polar surface area (TPSA) is 12.0 Å². The van der Waals surface area contributed by atoms with Crippen molar-refractivity contribution in [3.05, 3.63) is 40.7 Å². The first-order valence-corrected chi connectivity index (χ1v) is 5.86. The van der Waals surface area contributed by atoms with Crippen LogP contribution in [0.4, 0.5) is 4.39 Å². The summed E-state index contributed by atoms with van der Waals surface area (Å²) in [7, 11) is 0. The van der Waals surface area contributed by atoms with Crippen LogP contribution < -0.4 is 5.32 Å². The smallest absolute Gasteiger partial charge is 0.123 e. The average Bonchev–Trinajstić information content (AvgIpc) is 2.27. The highest BCUT2D eigenvalue weighted by Crippen LogP contribution is 2.24. The molecule has 16 heavy (non-hydrogen) atoms. The van der Waals surface area contributed by atoms with E-state index in [2.05, 4.69) is 18.3 Å². The molecule has 0 fully saturated rings. The van der Waals surface area contributed by atoms with Gasteiger partial charge in [0.1, 0.15) is 5.82 Å². The van der Waals surface area contributed by atoms with E-state index in [1.54, 1.807) is 6.07 Å². The average molecular weight is 242 g/mol. The zero-order chi connectivity index (χ0) is 12.0. The molecule has 1 aromatic rings. The van der Waals surface area contributed by atoms with Crippen molar-refractivity contribution in [3.63, 3.8) is 0 Å². The Hall–Kier alpha value is -0.860. The zero-order valence-electron chi connectivity index (χ0n) is 9.69. The predicted molar refractivity (Wildman–Crippen MR) is 68.2 cm³/mol. The maximum Gasteiger partial charge on any atom is 0.123 e. The van der Waals surface area contributed by atoms with E-state index in [0.29, 0.717) is 5.02 Å². The van der Waals surface area contributed by atoms with Gasteiger partial charge in [-0.2, -0.15) is 0 Å². The molecule has 0 aliphatic carbocycles. The van der Waals surface area contributed by atoms with Gasteiger partial charge in [0.05, 0.1) is 0 Å². The highest BCUT2D eigenvalue weighted by molar-refractivity contribution is 6.32. The summed E-state index contributed by atoms with van der Waals surface area (Å²) in [6.45, 7) is 5.92. The standard InChI is InChI=1S/C13H17ClFN/c1-3-16-8-4-5-10(2)12-9-11(15)6-7-13(12)14/h5-7,9,16H,3-4,8H2,1-2H3/b10-5-. The van der Waals surface area contributed by atoms with E-state index in [9.17, 15) is 4.39 Å². The largest absolute Gasteiger partial charge is 0.317 e. The molecule has 0 bridgehead atoms. The molecule has 88 valence electrons. The van der Waals surface area contributed by atoms with Crippen molar-refractivity contribution in [2.45, 2.75) is 20.3 Å². The number of nitrogens with one attached hydrogen (secondary N) is 1. The fourth-order valence-corrected chi connectivity index (χ4v) is 1.74. The molecule has 0 atom stereocenters. The zero-order valence-corrected chi connectivity index (χ0v) is 10.4. The molecule has 0 saturated carbocycles.